The lowest BCUT2D eigenvalue weighted by Gasteiger charge is -2.14. The summed E-state index contributed by atoms with van der Waals surface area (Å²) in [4.78, 5) is 0. The van der Waals surface area contributed by atoms with E-state index in [2.05, 4.69) is 21.6 Å². The van der Waals surface area contributed by atoms with Gasteiger partial charge >= 0.3 is 0 Å². The van der Waals surface area contributed by atoms with E-state index >= 15 is 0 Å². The zero-order valence-corrected chi connectivity index (χ0v) is 15.8. The molecular formula is C24H18N4O. The normalized spacial score (nSPS) is 10.2. The number of nitriles is 1. The second-order valence-corrected chi connectivity index (χ2v) is 6.34. The molecule has 0 saturated carbocycles. The number of nitrogens with zero attached hydrogens (tertiary/aromatic N) is 3. The second kappa shape index (κ2) is 8.24. The minimum absolute atomic E-state index is 0.413. The predicted octanol–water partition coefficient (Wildman–Crippen LogP) is 5.43. The Morgan fingerprint density at radius 2 is 1.41 bits per heavy atom. The van der Waals surface area contributed by atoms with Crippen LogP contribution in [0.2, 0.25) is 0 Å². The van der Waals surface area contributed by atoms with Gasteiger partial charge < -0.3 is 10.1 Å². The maximum atomic E-state index is 10.0. The lowest BCUT2D eigenvalue weighted by molar-refractivity contribution is 0.415. The lowest BCUT2D eigenvalue weighted by atomic mass is 9.95. The fourth-order valence-corrected chi connectivity index (χ4v) is 3.13. The number of rotatable bonds is 5. The van der Waals surface area contributed by atoms with E-state index in [0.717, 1.165) is 28.1 Å². The van der Waals surface area contributed by atoms with Crippen molar-refractivity contribution in [2.24, 2.45) is 0 Å². The van der Waals surface area contributed by atoms with Gasteiger partial charge in [0, 0.05) is 16.8 Å². The van der Waals surface area contributed by atoms with Crippen LogP contribution in [0.1, 0.15) is 5.56 Å². The van der Waals surface area contributed by atoms with E-state index in [9.17, 15) is 5.26 Å². The number of ether oxygens (including phenoxy) is 1. The summed E-state index contributed by atoms with van der Waals surface area (Å²) in [6.07, 6.45) is 0. The summed E-state index contributed by atoms with van der Waals surface area (Å²) in [6.45, 7) is 0. The number of benzene rings is 3. The van der Waals surface area contributed by atoms with Crippen molar-refractivity contribution in [3.8, 4) is 34.2 Å². The molecule has 0 atom stereocenters. The Balaban J connectivity index is 1.87. The standard InChI is InChI=1S/C24H18N4O/c1-29-20-14-12-19(13-15-20)26-24-21(16-25)22(17-8-4-2-5-9-17)23(27-28-24)18-10-6-3-7-11-18/h2-15H,1H3,(H,26,28). The van der Waals surface area contributed by atoms with Crippen LogP contribution in [0.15, 0.2) is 84.9 Å². The average Bonchev–Trinajstić information content (AvgIpc) is 2.80. The highest BCUT2D eigenvalue weighted by Gasteiger charge is 2.19. The Kier molecular flexibility index (Phi) is 5.17. The third-order valence-corrected chi connectivity index (χ3v) is 4.55. The van der Waals surface area contributed by atoms with Crippen LogP contribution in [-0.4, -0.2) is 17.3 Å². The average molecular weight is 378 g/mol. The lowest BCUT2D eigenvalue weighted by Crippen LogP contribution is -2.04. The summed E-state index contributed by atoms with van der Waals surface area (Å²) in [5.41, 5.74) is 4.49. The molecule has 5 nitrogen and oxygen atoms in total. The van der Waals surface area contributed by atoms with E-state index in [1.165, 1.54) is 0 Å². The van der Waals surface area contributed by atoms with Gasteiger partial charge in [0.15, 0.2) is 5.82 Å². The third kappa shape index (κ3) is 3.78. The van der Waals surface area contributed by atoms with Gasteiger partial charge in [0.1, 0.15) is 23.1 Å². The molecular weight excluding hydrogens is 360 g/mol. The maximum absolute atomic E-state index is 10.0. The van der Waals surface area contributed by atoms with Crippen molar-refractivity contribution in [1.29, 1.82) is 5.26 Å². The summed E-state index contributed by atoms with van der Waals surface area (Å²) in [5.74, 6) is 1.17. The monoisotopic (exact) mass is 378 g/mol. The van der Waals surface area contributed by atoms with E-state index in [1.54, 1.807) is 7.11 Å². The molecule has 0 saturated heterocycles. The van der Waals surface area contributed by atoms with Crippen LogP contribution >= 0.6 is 0 Å². The van der Waals surface area contributed by atoms with Crippen LogP contribution in [0.5, 0.6) is 5.75 Å². The maximum Gasteiger partial charge on any atom is 0.171 e. The molecule has 1 aromatic heterocycles. The van der Waals surface area contributed by atoms with Gasteiger partial charge in [0.25, 0.3) is 0 Å². The SMILES string of the molecule is COc1ccc(Nc2nnc(-c3ccccc3)c(-c3ccccc3)c2C#N)cc1. The molecule has 4 rings (SSSR count). The number of hydrogen-bond donors (Lipinski definition) is 1. The Bertz CT molecular complexity index is 1150. The Morgan fingerprint density at radius 3 is 2.00 bits per heavy atom. The molecule has 0 aliphatic rings. The third-order valence-electron chi connectivity index (χ3n) is 4.55. The molecule has 4 aromatic rings. The van der Waals surface area contributed by atoms with Crippen molar-refractivity contribution in [2.45, 2.75) is 0 Å². The Labute approximate surface area is 169 Å². The molecule has 5 heteroatoms. The summed E-state index contributed by atoms with van der Waals surface area (Å²) in [5, 5.41) is 22.0. The van der Waals surface area contributed by atoms with Crippen LogP contribution in [0.4, 0.5) is 11.5 Å². The molecule has 1 heterocycles. The minimum Gasteiger partial charge on any atom is -0.497 e. The summed E-state index contributed by atoms with van der Waals surface area (Å²) < 4.78 is 5.20. The first-order valence-electron chi connectivity index (χ1n) is 9.13. The molecule has 0 fully saturated rings. The van der Waals surface area contributed by atoms with Crippen LogP contribution < -0.4 is 10.1 Å². The Morgan fingerprint density at radius 1 is 0.793 bits per heavy atom. The summed E-state index contributed by atoms with van der Waals surface area (Å²) in [7, 11) is 1.62. The minimum atomic E-state index is 0.413. The van der Waals surface area contributed by atoms with Crippen LogP contribution in [-0.2, 0) is 0 Å². The van der Waals surface area contributed by atoms with E-state index in [4.69, 9.17) is 4.74 Å². The zero-order valence-electron chi connectivity index (χ0n) is 15.8. The van der Waals surface area contributed by atoms with E-state index < -0.39 is 0 Å². The van der Waals surface area contributed by atoms with Crippen molar-refractivity contribution in [3.05, 3.63) is 90.5 Å². The fourth-order valence-electron chi connectivity index (χ4n) is 3.13. The smallest absolute Gasteiger partial charge is 0.171 e. The molecule has 140 valence electrons. The summed E-state index contributed by atoms with van der Waals surface area (Å²) >= 11 is 0. The van der Waals surface area contributed by atoms with Crippen molar-refractivity contribution < 1.29 is 4.74 Å². The molecule has 0 radical (unpaired) electrons. The van der Waals surface area contributed by atoms with Crippen LogP contribution in [0.25, 0.3) is 22.4 Å². The first kappa shape index (κ1) is 18.2. The highest BCUT2D eigenvalue weighted by molar-refractivity contribution is 5.88. The van der Waals surface area contributed by atoms with E-state index in [-0.39, 0.29) is 0 Å². The number of aromatic nitrogens is 2. The van der Waals surface area contributed by atoms with E-state index in [1.807, 2.05) is 84.9 Å². The van der Waals surface area contributed by atoms with Crippen molar-refractivity contribution >= 4 is 11.5 Å². The van der Waals surface area contributed by atoms with Gasteiger partial charge in [0.05, 0.1) is 7.11 Å². The summed E-state index contributed by atoms with van der Waals surface area (Å²) in [6, 6.07) is 29.3. The molecule has 3 aromatic carbocycles. The van der Waals surface area contributed by atoms with Gasteiger partial charge in [-0.3, -0.25) is 0 Å². The molecule has 0 unspecified atom stereocenters. The van der Waals surface area contributed by atoms with Gasteiger partial charge in [-0.15, -0.1) is 10.2 Å². The number of nitrogens with one attached hydrogen (secondary N) is 1. The number of hydrogen-bond acceptors (Lipinski definition) is 5. The van der Waals surface area contributed by atoms with Crippen molar-refractivity contribution in [1.82, 2.24) is 10.2 Å². The molecule has 1 N–H and O–H groups in total. The number of anilines is 2. The zero-order chi connectivity index (χ0) is 20.1. The first-order valence-corrected chi connectivity index (χ1v) is 9.13. The molecule has 29 heavy (non-hydrogen) atoms. The van der Waals surface area contributed by atoms with Gasteiger partial charge in [0.2, 0.25) is 0 Å². The van der Waals surface area contributed by atoms with Gasteiger partial charge in [-0.05, 0) is 29.8 Å². The first-order chi connectivity index (χ1) is 14.3. The number of methoxy groups -OCH3 is 1. The van der Waals surface area contributed by atoms with Crippen LogP contribution in [0.3, 0.4) is 0 Å². The topological polar surface area (TPSA) is 70.8 Å². The molecule has 0 aliphatic heterocycles. The quantitative estimate of drug-likeness (QED) is 0.501. The molecule has 0 bridgehead atoms. The van der Waals surface area contributed by atoms with E-state index in [0.29, 0.717) is 17.1 Å². The van der Waals surface area contributed by atoms with Gasteiger partial charge in [-0.25, -0.2) is 0 Å². The van der Waals surface area contributed by atoms with Gasteiger partial charge in [-0.1, -0.05) is 60.7 Å². The largest absolute Gasteiger partial charge is 0.497 e. The predicted molar refractivity (Wildman–Crippen MR) is 114 cm³/mol. The Hall–Kier alpha value is -4.17. The van der Waals surface area contributed by atoms with Crippen molar-refractivity contribution in [2.75, 3.05) is 12.4 Å². The molecule has 0 spiro atoms. The fraction of sp³-hybridized carbons (Fsp3) is 0.0417. The van der Waals surface area contributed by atoms with Crippen LogP contribution in [0, 0.1) is 11.3 Å². The molecule has 0 aliphatic carbocycles. The highest BCUT2D eigenvalue weighted by atomic mass is 16.5. The second-order valence-electron chi connectivity index (χ2n) is 6.34. The highest BCUT2D eigenvalue weighted by Crippen LogP contribution is 2.36. The molecule has 0 amide bonds. The van der Waals surface area contributed by atoms with Gasteiger partial charge in [-0.2, -0.15) is 5.26 Å². The van der Waals surface area contributed by atoms with Crippen molar-refractivity contribution in [3.63, 3.8) is 0 Å².